The van der Waals surface area contributed by atoms with Gasteiger partial charge in [-0.15, -0.1) is 0 Å². The number of nitrogens with one attached hydrogen (secondary N) is 1. The molecular weight excluding hydrogens is 847 g/mol. The van der Waals surface area contributed by atoms with Crippen LogP contribution in [0.1, 0.15) is 232 Å². The van der Waals surface area contributed by atoms with Gasteiger partial charge in [0.15, 0.2) is 6.29 Å². The average Bonchev–Trinajstić information content (AvgIpc) is 3.32. The van der Waals surface area contributed by atoms with E-state index in [1.165, 1.54) is 103 Å². The van der Waals surface area contributed by atoms with Gasteiger partial charge in [0.2, 0.25) is 5.91 Å². The number of rotatable bonds is 46. The lowest BCUT2D eigenvalue weighted by atomic mass is 9.99. The molecule has 11 heteroatoms. The topological polar surface area (TPSA) is 175 Å². The van der Waals surface area contributed by atoms with Crippen molar-refractivity contribution >= 4 is 11.9 Å². The summed E-state index contributed by atoms with van der Waals surface area (Å²) in [5, 5.41) is 54.1. The fraction of sp³-hybridized carbons (Fsp3) is 0.821. The molecule has 0 aromatic heterocycles. The third-order valence-electron chi connectivity index (χ3n) is 12.7. The molecule has 1 heterocycles. The third kappa shape index (κ3) is 36.3. The number of hydrogen-bond donors (Lipinski definition) is 6. The van der Waals surface area contributed by atoms with E-state index in [2.05, 4.69) is 55.6 Å². The first-order chi connectivity index (χ1) is 32.7. The SMILES string of the molecule is CCCC/C=C\C/C=C\CCCCCCCC(=O)OCCCCCCCCC/C=C\CCCCCCCC(=O)NC(COC1OC(CO)C(O)C(O)C1O)C(O)/C=C/CCCCCCCCC. The number of hydrogen-bond acceptors (Lipinski definition) is 10. The van der Waals surface area contributed by atoms with Crippen LogP contribution in [0.2, 0.25) is 0 Å². The third-order valence-corrected chi connectivity index (χ3v) is 12.7. The van der Waals surface area contributed by atoms with Crippen molar-refractivity contribution in [1.82, 2.24) is 5.32 Å². The smallest absolute Gasteiger partial charge is 0.305 e. The minimum absolute atomic E-state index is 0.0365. The van der Waals surface area contributed by atoms with Gasteiger partial charge >= 0.3 is 5.97 Å². The summed E-state index contributed by atoms with van der Waals surface area (Å²) in [6, 6.07) is -0.822. The number of amides is 1. The standard InChI is InChI=1S/C56H101NO10/c1-3-5-7-9-11-13-14-15-21-24-28-32-36-40-44-52(61)65-45-41-37-33-29-25-22-19-17-16-18-20-23-27-31-35-39-43-51(60)57-48(49(59)42-38-34-30-26-12-10-8-6-4-2)47-66-56-55(64)54(63)53(62)50(46-58)67-56/h9,11,14-16,18,38,42,48-50,53-56,58-59,62-64H,3-8,10,12-13,17,19-37,39-41,43-47H2,1-2H3,(H,57,60)/b11-9-,15-14-,18-16-,42-38+. The molecule has 7 unspecified atom stereocenters. The van der Waals surface area contributed by atoms with E-state index in [4.69, 9.17) is 14.2 Å². The van der Waals surface area contributed by atoms with E-state index in [1.807, 2.05) is 6.08 Å². The predicted octanol–water partition coefficient (Wildman–Crippen LogP) is 11.7. The van der Waals surface area contributed by atoms with Crippen LogP contribution in [-0.4, -0.2) is 100 Å². The van der Waals surface area contributed by atoms with Crippen LogP contribution in [0.25, 0.3) is 0 Å². The molecule has 7 atom stereocenters. The van der Waals surface area contributed by atoms with Crippen molar-refractivity contribution in [3.8, 4) is 0 Å². The molecule has 0 aromatic carbocycles. The Morgan fingerprint density at radius 2 is 1.01 bits per heavy atom. The largest absolute Gasteiger partial charge is 0.466 e. The first-order valence-corrected chi connectivity index (χ1v) is 27.4. The highest BCUT2D eigenvalue weighted by Gasteiger charge is 2.44. The molecule has 67 heavy (non-hydrogen) atoms. The second kappa shape index (κ2) is 46.0. The molecule has 1 saturated heterocycles. The number of carbonyl (C=O) groups is 2. The van der Waals surface area contributed by atoms with Gasteiger partial charge in [0.1, 0.15) is 24.4 Å². The quantitative estimate of drug-likeness (QED) is 0.0196. The Bertz CT molecular complexity index is 1250. The number of allylic oxidation sites excluding steroid dienone is 7. The number of unbranched alkanes of at least 4 members (excludes halogenated alkanes) is 26. The minimum Gasteiger partial charge on any atom is -0.466 e. The van der Waals surface area contributed by atoms with Crippen molar-refractivity contribution in [2.75, 3.05) is 19.8 Å². The van der Waals surface area contributed by atoms with Crippen LogP contribution in [-0.2, 0) is 23.8 Å². The number of aliphatic hydroxyl groups is 5. The zero-order chi connectivity index (χ0) is 48.8. The second-order valence-electron chi connectivity index (χ2n) is 18.9. The number of esters is 1. The van der Waals surface area contributed by atoms with Crippen LogP contribution in [0.5, 0.6) is 0 Å². The maximum absolute atomic E-state index is 13.0. The first-order valence-electron chi connectivity index (χ1n) is 27.4. The molecule has 0 spiro atoms. The zero-order valence-electron chi connectivity index (χ0n) is 42.6. The predicted molar refractivity (Wildman–Crippen MR) is 274 cm³/mol. The number of ether oxygens (including phenoxy) is 3. The molecule has 1 fully saturated rings. The highest BCUT2D eigenvalue weighted by Crippen LogP contribution is 2.23. The van der Waals surface area contributed by atoms with Crippen LogP contribution in [0, 0.1) is 0 Å². The summed E-state index contributed by atoms with van der Waals surface area (Å²) in [5.41, 5.74) is 0. The van der Waals surface area contributed by atoms with Crippen LogP contribution in [0.3, 0.4) is 0 Å². The lowest BCUT2D eigenvalue weighted by Crippen LogP contribution is -2.60. The van der Waals surface area contributed by atoms with Gasteiger partial charge in [-0.25, -0.2) is 0 Å². The molecule has 0 bridgehead atoms. The van der Waals surface area contributed by atoms with E-state index in [9.17, 15) is 35.1 Å². The molecule has 0 radical (unpaired) electrons. The molecular formula is C56H101NO10. The molecule has 390 valence electrons. The lowest BCUT2D eigenvalue weighted by molar-refractivity contribution is -0.302. The van der Waals surface area contributed by atoms with Crippen molar-refractivity contribution in [1.29, 1.82) is 0 Å². The van der Waals surface area contributed by atoms with E-state index >= 15 is 0 Å². The molecule has 1 aliphatic rings. The molecule has 0 aromatic rings. The zero-order valence-corrected chi connectivity index (χ0v) is 42.6. The van der Waals surface area contributed by atoms with E-state index in [-0.39, 0.29) is 18.5 Å². The summed E-state index contributed by atoms with van der Waals surface area (Å²) in [5.74, 6) is -0.239. The Morgan fingerprint density at radius 1 is 0.552 bits per heavy atom. The Kier molecular flexibility index (Phi) is 43.0. The minimum atomic E-state index is -1.58. The molecule has 6 N–H and O–H groups in total. The van der Waals surface area contributed by atoms with Crippen LogP contribution in [0.4, 0.5) is 0 Å². The maximum Gasteiger partial charge on any atom is 0.305 e. The number of carbonyl (C=O) groups excluding carboxylic acids is 2. The summed E-state index contributed by atoms with van der Waals surface area (Å²) in [6.45, 7) is 4.21. The molecule has 1 rings (SSSR count). The molecule has 11 nitrogen and oxygen atoms in total. The maximum atomic E-state index is 13.0. The summed E-state index contributed by atoms with van der Waals surface area (Å²) in [7, 11) is 0. The van der Waals surface area contributed by atoms with E-state index in [0.717, 1.165) is 103 Å². The Balaban J connectivity index is 2.10. The van der Waals surface area contributed by atoms with E-state index in [1.54, 1.807) is 6.08 Å². The molecule has 1 aliphatic heterocycles. The fourth-order valence-corrected chi connectivity index (χ4v) is 8.21. The van der Waals surface area contributed by atoms with E-state index < -0.39 is 49.5 Å². The highest BCUT2D eigenvalue weighted by atomic mass is 16.7. The average molecular weight is 948 g/mol. The van der Waals surface area contributed by atoms with Gasteiger partial charge in [-0.3, -0.25) is 9.59 Å². The molecule has 0 aliphatic carbocycles. The lowest BCUT2D eigenvalue weighted by Gasteiger charge is -2.40. The van der Waals surface area contributed by atoms with Gasteiger partial charge in [0, 0.05) is 12.8 Å². The fourth-order valence-electron chi connectivity index (χ4n) is 8.21. The van der Waals surface area contributed by atoms with Crippen LogP contribution < -0.4 is 5.32 Å². The summed E-state index contributed by atoms with van der Waals surface area (Å²) in [6.07, 6.45) is 46.3. The van der Waals surface area contributed by atoms with Crippen LogP contribution >= 0.6 is 0 Å². The Hall–Kier alpha value is -2.38. The summed E-state index contributed by atoms with van der Waals surface area (Å²) < 4.78 is 16.6. The van der Waals surface area contributed by atoms with Gasteiger partial charge < -0.3 is 45.1 Å². The Labute approximate surface area is 408 Å². The summed E-state index contributed by atoms with van der Waals surface area (Å²) in [4.78, 5) is 25.0. The first kappa shape index (κ1) is 62.6. The molecule has 0 saturated carbocycles. The Morgan fingerprint density at radius 3 is 1.57 bits per heavy atom. The van der Waals surface area contributed by atoms with Crippen molar-refractivity contribution in [2.24, 2.45) is 0 Å². The van der Waals surface area contributed by atoms with Crippen LogP contribution in [0.15, 0.2) is 48.6 Å². The van der Waals surface area contributed by atoms with Crippen molar-refractivity contribution in [3.05, 3.63) is 48.6 Å². The van der Waals surface area contributed by atoms with E-state index in [0.29, 0.717) is 19.4 Å². The summed E-state index contributed by atoms with van der Waals surface area (Å²) >= 11 is 0. The van der Waals surface area contributed by atoms with Gasteiger partial charge in [0.25, 0.3) is 0 Å². The normalized spacial score (nSPS) is 19.9. The van der Waals surface area contributed by atoms with Crippen molar-refractivity contribution in [2.45, 2.75) is 275 Å². The second-order valence-corrected chi connectivity index (χ2v) is 18.9. The van der Waals surface area contributed by atoms with Crippen molar-refractivity contribution in [3.63, 3.8) is 0 Å². The highest BCUT2D eigenvalue weighted by molar-refractivity contribution is 5.76. The van der Waals surface area contributed by atoms with Gasteiger partial charge in [0.05, 0.1) is 32.0 Å². The number of aliphatic hydroxyl groups excluding tert-OH is 5. The monoisotopic (exact) mass is 948 g/mol. The molecule has 1 amide bonds. The van der Waals surface area contributed by atoms with Crippen molar-refractivity contribution < 1.29 is 49.3 Å². The van der Waals surface area contributed by atoms with Gasteiger partial charge in [-0.1, -0.05) is 184 Å². The van der Waals surface area contributed by atoms with Gasteiger partial charge in [-0.2, -0.15) is 0 Å². The van der Waals surface area contributed by atoms with Gasteiger partial charge in [-0.05, 0) is 83.5 Å².